The fourth-order valence-electron chi connectivity index (χ4n) is 1.94. The van der Waals surface area contributed by atoms with Crippen LogP contribution in [0.5, 0.6) is 17.2 Å². The second kappa shape index (κ2) is 8.64. The van der Waals surface area contributed by atoms with E-state index in [1.165, 1.54) is 0 Å². The largest absolute Gasteiger partial charge is 0.496 e. The van der Waals surface area contributed by atoms with E-state index in [0.717, 1.165) is 36.5 Å². The minimum atomic E-state index is 0.573. The molecule has 0 fully saturated rings. The van der Waals surface area contributed by atoms with Gasteiger partial charge in [0.15, 0.2) is 0 Å². The number of hydrogen-bond donors (Lipinski definition) is 1. The molecule has 0 saturated carbocycles. The van der Waals surface area contributed by atoms with Crippen LogP contribution in [0.25, 0.3) is 0 Å². The van der Waals surface area contributed by atoms with Crippen LogP contribution in [-0.4, -0.2) is 33.9 Å². The molecular formula is C15H25NO3. The van der Waals surface area contributed by atoms with Crippen molar-refractivity contribution < 1.29 is 14.2 Å². The van der Waals surface area contributed by atoms with Crippen LogP contribution in [0.15, 0.2) is 18.2 Å². The SMILES string of the molecule is CCC(CCCOc1cc(OC)cc(OC)c1)NC. The number of methoxy groups -OCH3 is 2. The normalized spacial score (nSPS) is 12.0. The molecule has 0 radical (unpaired) electrons. The third-order valence-corrected chi connectivity index (χ3v) is 3.19. The van der Waals surface area contributed by atoms with Gasteiger partial charge in [0.05, 0.1) is 20.8 Å². The topological polar surface area (TPSA) is 39.7 Å². The molecule has 19 heavy (non-hydrogen) atoms. The lowest BCUT2D eigenvalue weighted by molar-refractivity contribution is 0.292. The van der Waals surface area contributed by atoms with Gasteiger partial charge in [-0.25, -0.2) is 0 Å². The Bertz CT molecular complexity index is 342. The molecular weight excluding hydrogens is 242 g/mol. The second-order valence-corrected chi connectivity index (χ2v) is 4.43. The molecule has 1 N–H and O–H groups in total. The molecule has 1 rings (SSSR count). The highest BCUT2D eigenvalue weighted by atomic mass is 16.5. The Kier molecular flexibility index (Phi) is 7.11. The van der Waals surface area contributed by atoms with Crippen LogP contribution >= 0.6 is 0 Å². The van der Waals surface area contributed by atoms with Crippen LogP contribution in [-0.2, 0) is 0 Å². The van der Waals surface area contributed by atoms with Gasteiger partial charge >= 0.3 is 0 Å². The maximum absolute atomic E-state index is 5.74. The third-order valence-electron chi connectivity index (χ3n) is 3.19. The van der Waals surface area contributed by atoms with Crippen molar-refractivity contribution in [2.75, 3.05) is 27.9 Å². The fourth-order valence-corrected chi connectivity index (χ4v) is 1.94. The average molecular weight is 267 g/mol. The molecule has 0 aliphatic carbocycles. The number of hydrogen-bond acceptors (Lipinski definition) is 4. The van der Waals surface area contributed by atoms with Crippen molar-refractivity contribution in [2.24, 2.45) is 0 Å². The van der Waals surface area contributed by atoms with Crippen LogP contribution in [0.4, 0.5) is 0 Å². The molecule has 1 atom stereocenters. The minimum absolute atomic E-state index is 0.573. The van der Waals surface area contributed by atoms with Crippen LogP contribution in [0, 0.1) is 0 Å². The number of benzene rings is 1. The predicted molar refractivity (Wildman–Crippen MR) is 77.4 cm³/mol. The van der Waals surface area contributed by atoms with Crippen LogP contribution in [0.2, 0.25) is 0 Å². The molecule has 1 unspecified atom stereocenters. The molecule has 0 aliphatic rings. The van der Waals surface area contributed by atoms with E-state index in [9.17, 15) is 0 Å². The van der Waals surface area contributed by atoms with Gasteiger partial charge in [0.2, 0.25) is 0 Å². The summed E-state index contributed by atoms with van der Waals surface area (Å²) in [6, 6.07) is 6.15. The maximum Gasteiger partial charge on any atom is 0.126 e. The minimum Gasteiger partial charge on any atom is -0.496 e. The van der Waals surface area contributed by atoms with Gasteiger partial charge in [-0.3, -0.25) is 0 Å². The number of rotatable bonds is 9. The zero-order chi connectivity index (χ0) is 14.1. The summed E-state index contributed by atoms with van der Waals surface area (Å²) in [5.41, 5.74) is 0. The number of ether oxygens (including phenoxy) is 3. The highest BCUT2D eigenvalue weighted by Gasteiger charge is 2.05. The lowest BCUT2D eigenvalue weighted by Crippen LogP contribution is -2.24. The predicted octanol–water partition coefficient (Wildman–Crippen LogP) is 2.86. The molecule has 0 spiro atoms. The molecule has 108 valence electrons. The highest BCUT2D eigenvalue weighted by molar-refractivity contribution is 5.41. The van der Waals surface area contributed by atoms with E-state index >= 15 is 0 Å². The van der Waals surface area contributed by atoms with Crippen molar-refractivity contribution in [1.29, 1.82) is 0 Å². The molecule has 0 amide bonds. The molecule has 4 nitrogen and oxygen atoms in total. The van der Waals surface area contributed by atoms with Gasteiger partial charge in [-0.2, -0.15) is 0 Å². The quantitative estimate of drug-likeness (QED) is 0.698. The van der Waals surface area contributed by atoms with Crippen LogP contribution in [0.3, 0.4) is 0 Å². The maximum atomic E-state index is 5.74. The first-order valence-corrected chi connectivity index (χ1v) is 6.76. The number of nitrogens with one attached hydrogen (secondary N) is 1. The average Bonchev–Trinajstić information content (AvgIpc) is 2.47. The van der Waals surface area contributed by atoms with E-state index in [-0.39, 0.29) is 0 Å². The molecule has 0 aliphatic heterocycles. The van der Waals surface area contributed by atoms with Gasteiger partial charge < -0.3 is 19.5 Å². The lowest BCUT2D eigenvalue weighted by Gasteiger charge is -2.14. The summed E-state index contributed by atoms with van der Waals surface area (Å²) in [7, 11) is 5.27. The van der Waals surface area contributed by atoms with Gasteiger partial charge in [0, 0.05) is 24.2 Å². The monoisotopic (exact) mass is 267 g/mol. The van der Waals surface area contributed by atoms with E-state index in [2.05, 4.69) is 12.2 Å². The standard InChI is InChI=1S/C15H25NO3/c1-5-12(16-2)7-6-8-19-15-10-13(17-3)9-14(11-15)18-4/h9-12,16H,5-8H2,1-4H3. The molecule has 0 bridgehead atoms. The smallest absolute Gasteiger partial charge is 0.126 e. The van der Waals surface area contributed by atoms with Gasteiger partial charge in [-0.15, -0.1) is 0 Å². The van der Waals surface area contributed by atoms with Gasteiger partial charge in [0.1, 0.15) is 17.2 Å². The zero-order valence-electron chi connectivity index (χ0n) is 12.4. The van der Waals surface area contributed by atoms with Gasteiger partial charge in [-0.1, -0.05) is 6.92 Å². The van der Waals surface area contributed by atoms with E-state index in [0.29, 0.717) is 12.6 Å². The Balaban J connectivity index is 2.44. The molecule has 0 aromatic heterocycles. The summed E-state index contributed by atoms with van der Waals surface area (Å²) in [4.78, 5) is 0. The second-order valence-electron chi connectivity index (χ2n) is 4.43. The third kappa shape index (κ3) is 5.39. The van der Waals surface area contributed by atoms with Crippen LogP contribution < -0.4 is 19.5 Å². The summed E-state index contributed by atoms with van der Waals surface area (Å²) in [5.74, 6) is 2.28. The molecule has 1 aromatic rings. The first kappa shape index (κ1) is 15.6. The Labute approximate surface area is 116 Å². The van der Waals surface area contributed by atoms with Crippen molar-refractivity contribution >= 4 is 0 Å². The van der Waals surface area contributed by atoms with Crippen molar-refractivity contribution in [2.45, 2.75) is 32.2 Å². The Morgan fingerprint density at radius 1 is 1.05 bits per heavy atom. The van der Waals surface area contributed by atoms with E-state index in [1.54, 1.807) is 14.2 Å². The Morgan fingerprint density at radius 3 is 2.11 bits per heavy atom. The van der Waals surface area contributed by atoms with Gasteiger partial charge in [0.25, 0.3) is 0 Å². The summed E-state index contributed by atoms with van der Waals surface area (Å²) < 4.78 is 16.2. The lowest BCUT2D eigenvalue weighted by atomic mass is 10.1. The molecule has 4 heteroatoms. The molecule has 0 heterocycles. The Hall–Kier alpha value is -1.42. The van der Waals surface area contributed by atoms with Crippen LogP contribution in [0.1, 0.15) is 26.2 Å². The summed E-state index contributed by atoms with van der Waals surface area (Å²) >= 11 is 0. The zero-order valence-corrected chi connectivity index (χ0v) is 12.4. The molecule has 0 saturated heterocycles. The first-order valence-electron chi connectivity index (χ1n) is 6.76. The van der Waals surface area contributed by atoms with Crippen molar-refractivity contribution in [3.05, 3.63) is 18.2 Å². The highest BCUT2D eigenvalue weighted by Crippen LogP contribution is 2.27. The van der Waals surface area contributed by atoms with E-state index < -0.39 is 0 Å². The summed E-state index contributed by atoms with van der Waals surface area (Å²) in [6.07, 6.45) is 3.29. The van der Waals surface area contributed by atoms with Crippen molar-refractivity contribution in [1.82, 2.24) is 5.32 Å². The Morgan fingerprint density at radius 2 is 1.63 bits per heavy atom. The van der Waals surface area contributed by atoms with E-state index in [4.69, 9.17) is 14.2 Å². The molecule has 1 aromatic carbocycles. The summed E-state index contributed by atoms with van der Waals surface area (Å²) in [5, 5.41) is 3.29. The van der Waals surface area contributed by atoms with Crippen molar-refractivity contribution in [3.8, 4) is 17.2 Å². The summed E-state index contributed by atoms with van der Waals surface area (Å²) in [6.45, 7) is 2.89. The van der Waals surface area contributed by atoms with E-state index in [1.807, 2.05) is 25.2 Å². The van der Waals surface area contributed by atoms with Crippen molar-refractivity contribution in [3.63, 3.8) is 0 Å². The van der Waals surface area contributed by atoms with Gasteiger partial charge in [-0.05, 0) is 26.3 Å². The fraction of sp³-hybridized carbons (Fsp3) is 0.600. The first-order chi connectivity index (χ1) is 9.23.